The summed E-state index contributed by atoms with van der Waals surface area (Å²) in [5.74, 6) is -1.25. The van der Waals surface area contributed by atoms with Crippen LogP contribution in [0, 0.1) is 12.7 Å². The van der Waals surface area contributed by atoms with Gasteiger partial charge in [-0.3, -0.25) is 4.79 Å². The van der Waals surface area contributed by atoms with E-state index in [-0.39, 0.29) is 12.2 Å². The molecule has 4 heteroatoms. The molecule has 0 saturated carbocycles. The monoisotopic (exact) mass is 283 g/mol. The third kappa shape index (κ3) is 2.52. The molecular formula is C17H14FNO2. The van der Waals surface area contributed by atoms with Crippen molar-refractivity contribution in [2.45, 2.75) is 13.3 Å². The van der Waals surface area contributed by atoms with Crippen molar-refractivity contribution in [3.63, 3.8) is 0 Å². The molecule has 0 aliphatic heterocycles. The second-order valence-corrected chi connectivity index (χ2v) is 5.11. The molecule has 0 bridgehead atoms. The van der Waals surface area contributed by atoms with Gasteiger partial charge >= 0.3 is 5.97 Å². The largest absolute Gasteiger partial charge is 0.481 e. The fourth-order valence-electron chi connectivity index (χ4n) is 2.59. The van der Waals surface area contributed by atoms with Gasteiger partial charge in [-0.15, -0.1) is 0 Å². The highest BCUT2D eigenvalue weighted by molar-refractivity contribution is 5.94. The van der Waals surface area contributed by atoms with Gasteiger partial charge in [0, 0.05) is 16.5 Å². The maximum Gasteiger partial charge on any atom is 0.307 e. The van der Waals surface area contributed by atoms with Gasteiger partial charge in [-0.1, -0.05) is 23.8 Å². The summed E-state index contributed by atoms with van der Waals surface area (Å²) in [5, 5.41) is 10.0. The van der Waals surface area contributed by atoms with E-state index in [0.717, 1.165) is 16.5 Å². The predicted octanol–water partition coefficient (Wildman–Crippen LogP) is 3.91. The third-order valence-electron chi connectivity index (χ3n) is 3.50. The van der Waals surface area contributed by atoms with Crippen molar-refractivity contribution in [1.82, 2.24) is 4.98 Å². The number of nitrogens with one attached hydrogen (secondary N) is 1. The average molecular weight is 283 g/mol. The summed E-state index contributed by atoms with van der Waals surface area (Å²) in [6.07, 6.45) is -0.102. The molecule has 1 heterocycles. The van der Waals surface area contributed by atoms with Crippen molar-refractivity contribution in [2.24, 2.45) is 0 Å². The van der Waals surface area contributed by atoms with Crippen molar-refractivity contribution in [3.8, 4) is 11.3 Å². The van der Waals surface area contributed by atoms with E-state index in [4.69, 9.17) is 5.11 Å². The van der Waals surface area contributed by atoms with Gasteiger partial charge in [0.2, 0.25) is 0 Å². The summed E-state index contributed by atoms with van der Waals surface area (Å²) >= 11 is 0. The lowest BCUT2D eigenvalue weighted by molar-refractivity contribution is -0.136. The molecule has 3 nitrogen and oxygen atoms in total. The van der Waals surface area contributed by atoms with E-state index in [2.05, 4.69) is 4.98 Å². The Morgan fingerprint density at radius 1 is 1.24 bits per heavy atom. The number of halogens is 1. The molecule has 1 aromatic heterocycles. The number of aryl methyl sites for hydroxylation is 1. The minimum absolute atomic E-state index is 0.102. The van der Waals surface area contributed by atoms with E-state index in [0.29, 0.717) is 16.8 Å². The van der Waals surface area contributed by atoms with E-state index < -0.39 is 5.97 Å². The van der Waals surface area contributed by atoms with Gasteiger partial charge in [0.25, 0.3) is 0 Å². The first-order valence-corrected chi connectivity index (χ1v) is 6.63. The van der Waals surface area contributed by atoms with Crippen LogP contribution in [0.15, 0.2) is 42.5 Å². The van der Waals surface area contributed by atoms with Crippen molar-refractivity contribution < 1.29 is 14.3 Å². The second kappa shape index (κ2) is 5.05. The summed E-state index contributed by atoms with van der Waals surface area (Å²) in [5.41, 5.74) is 3.92. The number of aromatic amines is 1. The van der Waals surface area contributed by atoms with Gasteiger partial charge in [-0.25, -0.2) is 4.39 Å². The first kappa shape index (κ1) is 13.4. The molecule has 0 saturated heterocycles. The Hall–Kier alpha value is -2.62. The number of hydrogen-bond donors (Lipinski definition) is 2. The Balaban J connectivity index is 2.28. The lowest BCUT2D eigenvalue weighted by Gasteiger charge is -2.03. The van der Waals surface area contributed by atoms with Gasteiger partial charge < -0.3 is 10.1 Å². The summed E-state index contributed by atoms with van der Waals surface area (Å²) in [7, 11) is 0. The average Bonchev–Trinajstić information content (AvgIpc) is 2.76. The van der Waals surface area contributed by atoms with E-state index >= 15 is 0 Å². The molecule has 106 valence electrons. The molecule has 0 aliphatic carbocycles. The SMILES string of the molecule is Cc1ccc2[nH]c(-c3cccc(F)c3)c(CC(=O)O)c2c1. The van der Waals surface area contributed by atoms with Crippen molar-refractivity contribution in [3.05, 3.63) is 59.4 Å². The number of aliphatic carboxylic acids is 1. The van der Waals surface area contributed by atoms with Gasteiger partial charge in [-0.05, 0) is 36.8 Å². The number of carboxylic acids is 1. The maximum absolute atomic E-state index is 13.4. The van der Waals surface area contributed by atoms with Crippen LogP contribution < -0.4 is 0 Å². The van der Waals surface area contributed by atoms with E-state index in [9.17, 15) is 9.18 Å². The van der Waals surface area contributed by atoms with Crippen LogP contribution in [-0.4, -0.2) is 16.1 Å². The highest BCUT2D eigenvalue weighted by Gasteiger charge is 2.16. The lowest BCUT2D eigenvalue weighted by Crippen LogP contribution is -2.01. The summed E-state index contributed by atoms with van der Waals surface area (Å²) in [4.78, 5) is 14.4. The molecule has 0 radical (unpaired) electrons. The zero-order valence-corrected chi connectivity index (χ0v) is 11.5. The predicted molar refractivity (Wildman–Crippen MR) is 79.8 cm³/mol. The summed E-state index contributed by atoms with van der Waals surface area (Å²) in [6, 6.07) is 12.0. The Labute approximate surface area is 121 Å². The summed E-state index contributed by atoms with van der Waals surface area (Å²) < 4.78 is 13.4. The molecule has 21 heavy (non-hydrogen) atoms. The molecule has 0 aliphatic rings. The Kier molecular flexibility index (Phi) is 3.22. The van der Waals surface area contributed by atoms with E-state index in [1.165, 1.54) is 12.1 Å². The van der Waals surface area contributed by atoms with Gasteiger partial charge in [0.05, 0.1) is 12.1 Å². The van der Waals surface area contributed by atoms with Crippen LogP contribution in [0.4, 0.5) is 4.39 Å². The van der Waals surface area contributed by atoms with Crippen LogP contribution in [0.5, 0.6) is 0 Å². The molecule has 2 N–H and O–H groups in total. The van der Waals surface area contributed by atoms with Crippen LogP contribution in [-0.2, 0) is 11.2 Å². The van der Waals surface area contributed by atoms with Gasteiger partial charge in [-0.2, -0.15) is 0 Å². The number of rotatable bonds is 3. The van der Waals surface area contributed by atoms with E-state index in [1.54, 1.807) is 12.1 Å². The molecule has 0 unspecified atom stereocenters. The molecule has 3 rings (SSSR count). The highest BCUT2D eigenvalue weighted by Crippen LogP contribution is 2.31. The first-order valence-electron chi connectivity index (χ1n) is 6.63. The van der Waals surface area contributed by atoms with Crippen LogP contribution >= 0.6 is 0 Å². The quantitative estimate of drug-likeness (QED) is 0.765. The van der Waals surface area contributed by atoms with Crippen LogP contribution in [0.25, 0.3) is 22.2 Å². The fourth-order valence-corrected chi connectivity index (χ4v) is 2.59. The molecule has 0 spiro atoms. The van der Waals surface area contributed by atoms with Crippen molar-refractivity contribution in [2.75, 3.05) is 0 Å². The number of benzene rings is 2. The standard InChI is InChI=1S/C17H14FNO2/c1-10-5-6-15-13(7-10)14(9-16(20)21)17(19-15)11-3-2-4-12(18)8-11/h2-8,19H,9H2,1H3,(H,20,21). The summed E-state index contributed by atoms with van der Waals surface area (Å²) in [6.45, 7) is 1.96. The lowest BCUT2D eigenvalue weighted by atomic mass is 10.0. The van der Waals surface area contributed by atoms with E-state index in [1.807, 2.05) is 25.1 Å². The minimum Gasteiger partial charge on any atom is -0.481 e. The van der Waals surface area contributed by atoms with Crippen molar-refractivity contribution >= 4 is 16.9 Å². The molecule has 0 atom stereocenters. The normalized spacial score (nSPS) is 11.0. The number of aromatic nitrogens is 1. The molecule has 2 aromatic carbocycles. The smallest absolute Gasteiger partial charge is 0.307 e. The Morgan fingerprint density at radius 3 is 2.76 bits per heavy atom. The fraction of sp³-hybridized carbons (Fsp3) is 0.118. The molecular weight excluding hydrogens is 269 g/mol. The zero-order chi connectivity index (χ0) is 15.0. The topological polar surface area (TPSA) is 53.1 Å². The van der Waals surface area contributed by atoms with Crippen LogP contribution in [0.3, 0.4) is 0 Å². The number of hydrogen-bond acceptors (Lipinski definition) is 1. The Bertz CT molecular complexity index is 836. The van der Waals surface area contributed by atoms with Crippen LogP contribution in [0.2, 0.25) is 0 Å². The number of carboxylic acid groups (broad SMARTS) is 1. The maximum atomic E-state index is 13.4. The molecule has 0 amide bonds. The number of fused-ring (bicyclic) bond motifs is 1. The number of carbonyl (C=O) groups is 1. The van der Waals surface area contributed by atoms with Gasteiger partial charge in [0.1, 0.15) is 5.82 Å². The van der Waals surface area contributed by atoms with Crippen LogP contribution in [0.1, 0.15) is 11.1 Å². The number of H-pyrrole nitrogens is 1. The Morgan fingerprint density at radius 2 is 2.05 bits per heavy atom. The molecule has 0 fully saturated rings. The molecule has 3 aromatic rings. The highest BCUT2D eigenvalue weighted by atomic mass is 19.1. The first-order chi connectivity index (χ1) is 10.0. The van der Waals surface area contributed by atoms with Crippen molar-refractivity contribution in [1.29, 1.82) is 0 Å². The third-order valence-corrected chi connectivity index (χ3v) is 3.50. The minimum atomic E-state index is -0.907. The van der Waals surface area contributed by atoms with Gasteiger partial charge in [0.15, 0.2) is 0 Å². The zero-order valence-electron chi connectivity index (χ0n) is 11.5. The second-order valence-electron chi connectivity index (χ2n) is 5.11.